The van der Waals surface area contributed by atoms with Crippen molar-refractivity contribution in [2.75, 3.05) is 6.61 Å². The second-order valence-corrected chi connectivity index (χ2v) is 4.20. The molecular weight excluding hydrogens is 174 g/mol. The van der Waals surface area contributed by atoms with Gasteiger partial charge in [-0.3, -0.25) is 0 Å². The molecule has 0 radical (unpaired) electrons. The Hall–Kier alpha value is -0.0800. The Bertz CT molecular complexity index is 113. The number of hydrogen-bond donors (Lipinski definition) is 2. The molecule has 0 amide bonds. The van der Waals surface area contributed by atoms with E-state index in [2.05, 4.69) is 26.1 Å². The lowest BCUT2D eigenvalue weighted by molar-refractivity contribution is 0.227. The van der Waals surface area contributed by atoms with Crippen LogP contribution in [0.15, 0.2) is 0 Å². The third kappa shape index (κ3) is 7.34. The SMILES string of the molecule is CCCCCC[C@@H](C)N[C@@H](CC)CO. The molecule has 0 aromatic heterocycles. The van der Waals surface area contributed by atoms with Gasteiger partial charge in [0.1, 0.15) is 0 Å². The first-order valence-electron chi connectivity index (χ1n) is 6.11. The van der Waals surface area contributed by atoms with Crippen LogP contribution in [-0.4, -0.2) is 23.8 Å². The van der Waals surface area contributed by atoms with Crippen LogP contribution in [-0.2, 0) is 0 Å². The van der Waals surface area contributed by atoms with Crippen molar-refractivity contribution in [2.45, 2.75) is 71.4 Å². The fourth-order valence-corrected chi connectivity index (χ4v) is 1.66. The number of hydrogen-bond acceptors (Lipinski definition) is 2. The van der Waals surface area contributed by atoms with E-state index in [4.69, 9.17) is 5.11 Å². The van der Waals surface area contributed by atoms with Crippen molar-refractivity contribution in [1.82, 2.24) is 5.32 Å². The summed E-state index contributed by atoms with van der Waals surface area (Å²) >= 11 is 0. The number of rotatable bonds is 9. The summed E-state index contributed by atoms with van der Waals surface area (Å²) in [5, 5.41) is 12.5. The standard InChI is InChI=1S/C12H27NO/c1-4-6-7-8-9-11(3)13-12(5-2)10-14/h11-14H,4-10H2,1-3H3/t11-,12+/m1/s1. The zero-order chi connectivity index (χ0) is 10.8. The average molecular weight is 201 g/mol. The van der Waals surface area contributed by atoms with E-state index in [0.29, 0.717) is 6.04 Å². The largest absolute Gasteiger partial charge is 0.395 e. The van der Waals surface area contributed by atoms with Crippen molar-refractivity contribution < 1.29 is 5.11 Å². The Kier molecular flexibility index (Phi) is 9.42. The van der Waals surface area contributed by atoms with Gasteiger partial charge in [0, 0.05) is 12.1 Å². The molecule has 0 rings (SSSR count). The Morgan fingerprint density at radius 3 is 2.36 bits per heavy atom. The van der Waals surface area contributed by atoms with E-state index in [1.165, 1.54) is 32.1 Å². The van der Waals surface area contributed by atoms with Crippen molar-refractivity contribution in [3.05, 3.63) is 0 Å². The first-order valence-corrected chi connectivity index (χ1v) is 6.11. The highest BCUT2D eigenvalue weighted by molar-refractivity contribution is 4.69. The van der Waals surface area contributed by atoms with Crippen molar-refractivity contribution in [2.24, 2.45) is 0 Å². The summed E-state index contributed by atoms with van der Waals surface area (Å²) in [5.74, 6) is 0. The summed E-state index contributed by atoms with van der Waals surface area (Å²) in [5.41, 5.74) is 0. The van der Waals surface area contributed by atoms with Crippen LogP contribution in [0.25, 0.3) is 0 Å². The highest BCUT2D eigenvalue weighted by Crippen LogP contribution is 2.06. The average Bonchev–Trinajstić information content (AvgIpc) is 2.21. The van der Waals surface area contributed by atoms with E-state index in [1.54, 1.807) is 0 Å². The molecule has 2 nitrogen and oxygen atoms in total. The molecule has 2 atom stereocenters. The highest BCUT2D eigenvalue weighted by atomic mass is 16.3. The maximum Gasteiger partial charge on any atom is 0.0584 e. The second-order valence-electron chi connectivity index (χ2n) is 4.20. The predicted octanol–water partition coefficient (Wildman–Crippen LogP) is 2.71. The Morgan fingerprint density at radius 1 is 1.14 bits per heavy atom. The summed E-state index contributed by atoms with van der Waals surface area (Å²) < 4.78 is 0. The van der Waals surface area contributed by atoms with E-state index >= 15 is 0 Å². The van der Waals surface area contributed by atoms with Crippen LogP contribution in [0.2, 0.25) is 0 Å². The highest BCUT2D eigenvalue weighted by Gasteiger charge is 2.08. The van der Waals surface area contributed by atoms with E-state index in [1.807, 2.05) is 0 Å². The minimum absolute atomic E-state index is 0.260. The molecule has 2 heteroatoms. The lowest BCUT2D eigenvalue weighted by Crippen LogP contribution is -2.38. The molecule has 0 aliphatic rings. The molecular formula is C12H27NO. The van der Waals surface area contributed by atoms with Crippen LogP contribution in [0, 0.1) is 0 Å². The summed E-state index contributed by atoms with van der Waals surface area (Å²) in [7, 11) is 0. The van der Waals surface area contributed by atoms with E-state index in [-0.39, 0.29) is 12.6 Å². The van der Waals surface area contributed by atoms with Crippen LogP contribution >= 0.6 is 0 Å². The Labute approximate surface area is 89.1 Å². The number of nitrogens with one attached hydrogen (secondary N) is 1. The summed E-state index contributed by atoms with van der Waals surface area (Å²) in [6.45, 7) is 6.82. The Morgan fingerprint density at radius 2 is 1.86 bits per heavy atom. The minimum Gasteiger partial charge on any atom is -0.395 e. The normalized spacial score (nSPS) is 15.4. The predicted molar refractivity (Wildman–Crippen MR) is 62.5 cm³/mol. The maximum absolute atomic E-state index is 9.02. The molecule has 0 bridgehead atoms. The molecule has 0 aliphatic heterocycles. The molecule has 0 saturated heterocycles. The Balaban J connectivity index is 3.38. The van der Waals surface area contributed by atoms with E-state index in [0.717, 1.165) is 6.42 Å². The number of aliphatic hydroxyl groups is 1. The smallest absolute Gasteiger partial charge is 0.0584 e. The minimum atomic E-state index is 0.260. The van der Waals surface area contributed by atoms with Crippen LogP contribution in [0.3, 0.4) is 0 Å². The van der Waals surface area contributed by atoms with E-state index < -0.39 is 0 Å². The molecule has 0 aromatic rings. The van der Waals surface area contributed by atoms with Crippen molar-refractivity contribution in [1.29, 1.82) is 0 Å². The van der Waals surface area contributed by atoms with Gasteiger partial charge in [0.15, 0.2) is 0 Å². The van der Waals surface area contributed by atoms with Gasteiger partial charge in [0.05, 0.1) is 6.61 Å². The number of unbranched alkanes of at least 4 members (excludes halogenated alkanes) is 3. The second kappa shape index (κ2) is 9.47. The summed E-state index contributed by atoms with van der Waals surface area (Å²) in [4.78, 5) is 0. The van der Waals surface area contributed by atoms with Gasteiger partial charge in [-0.1, -0.05) is 39.5 Å². The summed E-state index contributed by atoms with van der Waals surface area (Å²) in [6, 6.07) is 0.833. The van der Waals surface area contributed by atoms with Crippen LogP contribution in [0.5, 0.6) is 0 Å². The fraction of sp³-hybridized carbons (Fsp3) is 1.00. The molecule has 0 aromatic carbocycles. The lowest BCUT2D eigenvalue weighted by atomic mass is 10.1. The molecule has 0 aliphatic carbocycles. The first kappa shape index (κ1) is 13.9. The molecule has 86 valence electrons. The van der Waals surface area contributed by atoms with Crippen molar-refractivity contribution in [3.8, 4) is 0 Å². The van der Waals surface area contributed by atoms with Gasteiger partial charge in [-0.2, -0.15) is 0 Å². The van der Waals surface area contributed by atoms with Gasteiger partial charge in [0.2, 0.25) is 0 Å². The third-order valence-corrected chi connectivity index (χ3v) is 2.72. The maximum atomic E-state index is 9.02. The molecule has 14 heavy (non-hydrogen) atoms. The topological polar surface area (TPSA) is 32.3 Å². The zero-order valence-corrected chi connectivity index (χ0v) is 10.1. The number of aliphatic hydroxyl groups excluding tert-OH is 1. The van der Waals surface area contributed by atoms with Crippen LogP contribution in [0.1, 0.15) is 59.3 Å². The molecule has 2 N–H and O–H groups in total. The van der Waals surface area contributed by atoms with Gasteiger partial charge in [-0.25, -0.2) is 0 Å². The van der Waals surface area contributed by atoms with E-state index in [9.17, 15) is 0 Å². The molecule has 0 unspecified atom stereocenters. The van der Waals surface area contributed by atoms with Gasteiger partial charge >= 0.3 is 0 Å². The lowest BCUT2D eigenvalue weighted by Gasteiger charge is -2.20. The summed E-state index contributed by atoms with van der Waals surface area (Å²) in [6.07, 6.45) is 7.55. The van der Waals surface area contributed by atoms with Crippen LogP contribution < -0.4 is 5.32 Å². The zero-order valence-electron chi connectivity index (χ0n) is 10.1. The monoisotopic (exact) mass is 201 g/mol. The molecule has 0 saturated carbocycles. The quantitative estimate of drug-likeness (QED) is 0.562. The fourth-order valence-electron chi connectivity index (χ4n) is 1.66. The molecule has 0 spiro atoms. The van der Waals surface area contributed by atoms with Gasteiger partial charge in [-0.15, -0.1) is 0 Å². The van der Waals surface area contributed by atoms with Crippen LogP contribution in [0.4, 0.5) is 0 Å². The van der Waals surface area contributed by atoms with Gasteiger partial charge in [0.25, 0.3) is 0 Å². The van der Waals surface area contributed by atoms with Gasteiger partial charge < -0.3 is 10.4 Å². The van der Waals surface area contributed by atoms with Gasteiger partial charge in [-0.05, 0) is 19.8 Å². The third-order valence-electron chi connectivity index (χ3n) is 2.72. The first-order chi connectivity index (χ1) is 6.74. The van der Waals surface area contributed by atoms with Crippen molar-refractivity contribution in [3.63, 3.8) is 0 Å². The molecule has 0 fully saturated rings. The van der Waals surface area contributed by atoms with Crippen molar-refractivity contribution >= 4 is 0 Å². The molecule has 0 heterocycles.